The van der Waals surface area contributed by atoms with Crippen molar-refractivity contribution in [1.29, 1.82) is 0 Å². The quantitative estimate of drug-likeness (QED) is 0.544. The monoisotopic (exact) mass is 400 g/mol. The summed E-state index contributed by atoms with van der Waals surface area (Å²) < 4.78 is 23.7. The van der Waals surface area contributed by atoms with E-state index in [1.54, 1.807) is 0 Å². The number of sulfone groups is 1. The Kier molecular flexibility index (Phi) is 8.09. The maximum atomic E-state index is 12.3. The average molecular weight is 401 g/mol. The number of unbranched alkanes of at least 4 members (excludes halogenated alkanes) is 2. The third kappa shape index (κ3) is 6.72. The van der Waals surface area contributed by atoms with Crippen molar-refractivity contribution in [2.45, 2.75) is 64.7 Å². The Balaban J connectivity index is 1.84. The number of hydrogen-bond acceptors (Lipinski definition) is 5. The first-order valence-corrected chi connectivity index (χ1v) is 12.0. The largest absolute Gasteiger partial charge is 0.279 e. The summed E-state index contributed by atoms with van der Waals surface area (Å²) in [6, 6.07) is 1.90. The van der Waals surface area contributed by atoms with E-state index in [-0.39, 0.29) is 5.75 Å². The zero-order valence-corrected chi connectivity index (χ0v) is 16.9. The average Bonchev–Trinajstić information content (AvgIpc) is 2.94. The lowest BCUT2D eigenvalue weighted by atomic mass is 10.00. The van der Waals surface area contributed by atoms with E-state index in [9.17, 15) is 18.0 Å². The zero-order chi connectivity index (χ0) is 19.0. The summed E-state index contributed by atoms with van der Waals surface area (Å²) in [5.74, 6) is -1.69. The molecule has 146 valence electrons. The third-order valence-corrected chi connectivity index (χ3v) is 7.29. The molecule has 0 unspecified atom stereocenters. The maximum absolute atomic E-state index is 12.3. The molecule has 0 fully saturated rings. The minimum Gasteiger partial charge on any atom is -0.272 e. The van der Waals surface area contributed by atoms with Crippen LogP contribution in [0.25, 0.3) is 0 Å². The Morgan fingerprint density at radius 1 is 1.08 bits per heavy atom. The van der Waals surface area contributed by atoms with Crippen LogP contribution in [-0.4, -0.2) is 31.7 Å². The number of hydrazine groups is 1. The normalized spacial score (nSPS) is 14.8. The number of carbonyl (C=O) groups excluding carboxylic acids is 2. The van der Waals surface area contributed by atoms with Gasteiger partial charge in [-0.3, -0.25) is 20.4 Å². The number of nitrogens with one attached hydrogen (secondary N) is 2. The molecule has 2 amide bonds. The van der Waals surface area contributed by atoms with Crippen molar-refractivity contribution in [3.63, 3.8) is 0 Å². The van der Waals surface area contributed by atoms with Crippen LogP contribution in [0.5, 0.6) is 0 Å². The first-order chi connectivity index (χ1) is 12.4. The topological polar surface area (TPSA) is 92.3 Å². The van der Waals surface area contributed by atoms with Gasteiger partial charge in [-0.2, -0.15) is 0 Å². The fourth-order valence-corrected chi connectivity index (χ4v) is 5.43. The SMILES string of the molecule is CCCCCS(=O)(=O)CC(=O)NNC(=O)c1cc2c(s1)CCCCCC2. The van der Waals surface area contributed by atoms with Gasteiger partial charge in [-0.05, 0) is 43.7 Å². The number of carbonyl (C=O) groups is 2. The van der Waals surface area contributed by atoms with E-state index in [2.05, 4.69) is 10.9 Å². The van der Waals surface area contributed by atoms with Crippen molar-refractivity contribution >= 4 is 33.0 Å². The van der Waals surface area contributed by atoms with Crippen LogP contribution in [0.2, 0.25) is 0 Å². The summed E-state index contributed by atoms with van der Waals surface area (Å²) in [6.45, 7) is 1.99. The van der Waals surface area contributed by atoms with E-state index in [1.165, 1.54) is 34.6 Å². The van der Waals surface area contributed by atoms with Crippen LogP contribution in [0.4, 0.5) is 0 Å². The summed E-state index contributed by atoms with van der Waals surface area (Å²) in [5, 5.41) is 0. The molecule has 1 aromatic heterocycles. The van der Waals surface area contributed by atoms with E-state index in [4.69, 9.17) is 0 Å². The first-order valence-electron chi connectivity index (χ1n) is 9.32. The van der Waals surface area contributed by atoms with Gasteiger partial charge in [0.25, 0.3) is 11.8 Å². The molecule has 1 heterocycles. The lowest BCUT2D eigenvalue weighted by Gasteiger charge is -2.07. The Labute approximate surface area is 159 Å². The van der Waals surface area contributed by atoms with E-state index in [1.807, 2.05) is 13.0 Å². The lowest BCUT2D eigenvalue weighted by Crippen LogP contribution is -2.44. The Morgan fingerprint density at radius 3 is 2.54 bits per heavy atom. The van der Waals surface area contributed by atoms with Gasteiger partial charge in [-0.1, -0.05) is 32.6 Å². The molecular weight excluding hydrogens is 372 g/mol. The van der Waals surface area contributed by atoms with Gasteiger partial charge in [0.2, 0.25) is 0 Å². The van der Waals surface area contributed by atoms with Gasteiger partial charge in [-0.25, -0.2) is 8.42 Å². The highest BCUT2D eigenvalue weighted by atomic mass is 32.2. The second-order valence-electron chi connectivity index (χ2n) is 6.77. The molecule has 0 bridgehead atoms. The molecule has 26 heavy (non-hydrogen) atoms. The number of rotatable bonds is 7. The van der Waals surface area contributed by atoms with Crippen LogP contribution in [-0.2, 0) is 27.5 Å². The molecular formula is C18H28N2O4S2. The molecule has 0 radical (unpaired) electrons. The van der Waals surface area contributed by atoms with Crippen LogP contribution in [0, 0.1) is 0 Å². The summed E-state index contributed by atoms with van der Waals surface area (Å²) in [4.78, 5) is 25.9. The van der Waals surface area contributed by atoms with Crippen LogP contribution in [0.15, 0.2) is 6.07 Å². The fraction of sp³-hybridized carbons (Fsp3) is 0.667. The van der Waals surface area contributed by atoms with Crippen molar-refractivity contribution in [3.8, 4) is 0 Å². The molecule has 1 aromatic rings. The molecule has 0 saturated carbocycles. The van der Waals surface area contributed by atoms with Gasteiger partial charge in [0.15, 0.2) is 9.84 Å². The molecule has 0 saturated heterocycles. The Bertz CT molecular complexity index is 700. The summed E-state index contributed by atoms with van der Waals surface area (Å²) >= 11 is 1.46. The van der Waals surface area contributed by atoms with Crippen molar-refractivity contribution in [3.05, 3.63) is 21.4 Å². The second kappa shape index (κ2) is 10.1. The van der Waals surface area contributed by atoms with E-state index in [0.717, 1.165) is 38.5 Å². The molecule has 8 heteroatoms. The molecule has 2 rings (SSSR count). The summed E-state index contributed by atoms with van der Waals surface area (Å²) in [5.41, 5.74) is 5.78. The highest BCUT2D eigenvalue weighted by Gasteiger charge is 2.19. The number of thiophene rings is 1. The number of fused-ring (bicyclic) bond motifs is 1. The van der Waals surface area contributed by atoms with Gasteiger partial charge in [-0.15, -0.1) is 11.3 Å². The van der Waals surface area contributed by atoms with Crippen LogP contribution < -0.4 is 10.9 Å². The molecule has 1 aliphatic rings. The van der Waals surface area contributed by atoms with Crippen LogP contribution >= 0.6 is 11.3 Å². The maximum Gasteiger partial charge on any atom is 0.279 e. The van der Waals surface area contributed by atoms with Gasteiger partial charge in [0, 0.05) is 4.88 Å². The molecule has 0 spiro atoms. The molecule has 6 nitrogen and oxygen atoms in total. The molecule has 0 aromatic carbocycles. The van der Waals surface area contributed by atoms with Gasteiger partial charge in [0.05, 0.1) is 10.6 Å². The Morgan fingerprint density at radius 2 is 1.81 bits per heavy atom. The minimum absolute atomic E-state index is 0.000148. The minimum atomic E-state index is -3.44. The predicted molar refractivity (Wildman–Crippen MR) is 104 cm³/mol. The molecule has 0 aliphatic heterocycles. The predicted octanol–water partition coefficient (Wildman–Crippen LogP) is 2.77. The van der Waals surface area contributed by atoms with Crippen molar-refractivity contribution in [2.75, 3.05) is 11.5 Å². The molecule has 1 aliphatic carbocycles. The van der Waals surface area contributed by atoms with Gasteiger partial charge in [0.1, 0.15) is 5.75 Å². The zero-order valence-electron chi connectivity index (χ0n) is 15.3. The fourth-order valence-electron chi connectivity index (χ4n) is 3.02. The van der Waals surface area contributed by atoms with Crippen LogP contribution in [0.1, 0.15) is 72.0 Å². The van der Waals surface area contributed by atoms with E-state index >= 15 is 0 Å². The molecule has 0 atom stereocenters. The summed E-state index contributed by atoms with van der Waals surface area (Å²) in [7, 11) is -3.44. The number of amides is 2. The van der Waals surface area contributed by atoms with Gasteiger partial charge < -0.3 is 0 Å². The molecule has 2 N–H and O–H groups in total. The first kappa shape index (κ1) is 20.9. The third-order valence-electron chi connectivity index (χ3n) is 4.45. The second-order valence-corrected chi connectivity index (χ2v) is 10.1. The van der Waals surface area contributed by atoms with E-state index in [0.29, 0.717) is 11.3 Å². The van der Waals surface area contributed by atoms with E-state index < -0.39 is 27.4 Å². The van der Waals surface area contributed by atoms with Gasteiger partial charge >= 0.3 is 0 Å². The van der Waals surface area contributed by atoms with Crippen molar-refractivity contribution in [2.24, 2.45) is 0 Å². The van der Waals surface area contributed by atoms with Crippen molar-refractivity contribution < 1.29 is 18.0 Å². The lowest BCUT2D eigenvalue weighted by molar-refractivity contribution is -0.119. The highest BCUT2D eigenvalue weighted by molar-refractivity contribution is 7.92. The number of aryl methyl sites for hydroxylation is 2. The number of hydrogen-bond donors (Lipinski definition) is 2. The smallest absolute Gasteiger partial charge is 0.272 e. The van der Waals surface area contributed by atoms with Crippen molar-refractivity contribution in [1.82, 2.24) is 10.9 Å². The highest BCUT2D eigenvalue weighted by Crippen LogP contribution is 2.28. The standard InChI is InChI=1S/C18H28N2O4S2/c1-2-3-8-11-26(23,24)13-17(21)19-20-18(22)16-12-14-9-6-4-5-7-10-15(14)25-16/h12H,2-11,13H2,1H3,(H,19,21)(H,20,22). The summed E-state index contributed by atoms with van der Waals surface area (Å²) in [6.07, 6.45) is 9.00. The Hall–Kier alpha value is -1.41. The van der Waals surface area contributed by atoms with Crippen LogP contribution in [0.3, 0.4) is 0 Å².